The fourth-order valence-corrected chi connectivity index (χ4v) is 1.64. The van der Waals surface area contributed by atoms with Crippen molar-refractivity contribution in [3.05, 3.63) is 0 Å². The van der Waals surface area contributed by atoms with Crippen LogP contribution in [-0.2, 0) is 9.59 Å². The number of carbonyl (C=O) groups excluding carboxylic acids is 2. The maximum Gasteiger partial charge on any atom is 0.221 e. The summed E-state index contributed by atoms with van der Waals surface area (Å²) in [6, 6.07) is 0. The Morgan fingerprint density at radius 1 is 1.00 bits per heavy atom. The van der Waals surface area contributed by atoms with Gasteiger partial charge in [0.25, 0.3) is 0 Å². The molecule has 0 bridgehead atoms. The minimum absolute atomic E-state index is 0.313. The third kappa shape index (κ3) is 1.50. The summed E-state index contributed by atoms with van der Waals surface area (Å²) < 4.78 is 0. The average molecular weight is 156 g/mol. The van der Waals surface area contributed by atoms with Gasteiger partial charge in [-0.05, 0) is 12.8 Å². The third-order valence-corrected chi connectivity index (χ3v) is 2.25. The van der Waals surface area contributed by atoms with E-state index in [4.69, 9.17) is 11.5 Å². The molecule has 1 fully saturated rings. The van der Waals surface area contributed by atoms with E-state index in [1.807, 2.05) is 0 Å². The molecule has 1 aliphatic rings. The van der Waals surface area contributed by atoms with Crippen molar-refractivity contribution < 1.29 is 9.59 Å². The van der Waals surface area contributed by atoms with E-state index in [0.717, 1.165) is 6.42 Å². The van der Waals surface area contributed by atoms with Gasteiger partial charge in [0.1, 0.15) is 0 Å². The van der Waals surface area contributed by atoms with Gasteiger partial charge < -0.3 is 11.5 Å². The summed E-state index contributed by atoms with van der Waals surface area (Å²) in [6.07, 6.45) is 2.30. The molecule has 4 heteroatoms. The predicted octanol–water partition coefficient (Wildman–Crippen LogP) is -0.627. The maximum atomic E-state index is 10.7. The molecule has 4 N–H and O–H groups in total. The van der Waals surface area contributed by atoms with Crippen molar-refractivity contribution in [3.8, 4) is 0 Å². The topological polar surface area (TPSA) is 86.2 Å². The lowest BCUT2D eigenvalue weighted by Crippen LogP contribution is -2.34. The standard InChI is InChI=1S/C7H12N2O2/c8-6(10)4-2-1-3-5(4)7(9)11/h4-5H,1-3H2,(H2,8,10)(H2,9,11)/t4-,5-/m0/s1. The lowest BCUT2D eigenvalue weighted by atomic mass is 9.95. The number of nitrogens with two attached hydrogens (primary N) is 2. The molecular weight excluding hydrogens is 144 g/mol. The van der Waals surface area contributed by atoms with E-state index in [2.05, 4.69) is 0 Å². The van der Waals surface area contributed by atoms with Crippen molar-refractivity contribution in [2.45, 2.75) is 19.3 Å². The lowest BCUT2D eigenvalue weighted by Gasteiger charge is -2.11. The molecule has 0 aromatic rings. The summed E-state index contributed by atoms with van der Waals surface area (Å²) in [7, 11) is 0. The molecule has 0 aliphatic heterocycles. The molecule has 0 heterocycles. The first-order chi connectivity index (χ1) is 5.13. The molecular formula is C7H12N2O2. The molecule has 0 spiro atoms. The van der Waals surface area contributed by atoms with Gasteiger partial charge in [-0.25, -0.2) is 0 Å². The summed E-state index contributed by atoms with van der Waals surface area (Å²) in [4.78, 5) is 21.5. The van der Waals surface area contributed by atoms with Crippen LogP contribution in [0.1, 0.15) is 19.3 Å². The van der Waals surface area contributed by atoms with Gasteiger partial charge in [-0.1, -0.05) is 6.42 Å². The van der Waals surface area contributed by atoms with Gasteiger partial charge in [0.05, 0.1) is 0 Å². The molecule has 11 heavy (non-hydrogen) atoms. The Morgan fingerprint density at radius 3 is 1.64 bits per heavy atom. The number of hydrogen-bond donors (Lipinski definition) is 2. The van der Waals surface area contributed by atoms with Gasteiger partial charge in [0, 0.05) is 11.8 Å². The second-order valence-corrected chi connectivity index (χ2v) is 2.95. The summed E-state index contributed by atoms with van der Waals surface area (Å²) in [5, 5.41) is 0. The van der Waals surface area contributed by atoms with Gasteiger partial charge in [-0.15, -0.1) is 0 Å². The van der Waals surface area contributed by atoms with E-state index in [1.54, 1.807) is 0 Å². The highest BCUT2D eigenvalue weighted by atomic mass is 16.2. The van der Waals surface area contributed by atoms with Crippen LogP contribution in [0.4, 0.5) is 0 Å². The highest BCUT2D eigenvalue weighted by Gasteiger charge is 2.34. The summed E-state index contributed by atoms with van der Waals surface area (Å²) in [5.74, 6) is -1.42. The van der Waals surface area contributed by atoms with Crippen LogP contribution in [0.5, 0.6) is 0 Å². The molecule has 4 nitrogen and oxygen atoms in total. The predicted molar refractivity (Wildman–Crippen MR) is 39.2 cm³/mol. The van der Waals surface area contributed by atoms with Gasteiger partial charge >= 0.3 is 0 Å². The molecule has 0 saturated heterocycles. The molecule has 2 atom stereocenters. The fraction of sp³-hybridized carbons (Fsp3) is 0.714. The highest BCUT2D eigenvalue weighted by molar-refractivity contribution is 5.86. The van der Waals surface area contributed by atoms with E-state index in [1.165, 1.54) is 0 Å². The van der Waals surface area contributed by atoms with Crippen molar-refractivity contribution in [1.82, 2.24) is 0 Å². The average Bonchev–Trinajstić information content (AvgIpc) is 2.32. The normalized spacial score (nSPS) is 30.2. The minimum Gasteiger partial charge on any atom is -0.369 e. The lowest BCUT2D eigenvalue weighted by molar-refractivity contribution is -0.130. The fourth-order valence-electron chi connectivity index (χ4n) is 1.64. The zero-order valence-corrected chi connectivity index (χ0v) is 6.25. The van der Waals surface area contributed by atoms with Crippen LogP contribution in [-0.4, -0.2) is 11.8 Å². The van der Waals surface area contributed by atoms with Crippen LogP contribution >= 0.6 is 0 Å². The van der Waals surface area contributed by atoms with E-state index in [9.17, 15) is 9.59 Å². The third-order valence-electron chi connectivity index (χ3n) is 2.25. The van der Waals surface area contributed by atoms with Crippen LogP contribution in [0.15, 0.2) is 0 Å². The molecule has 1 saturated carbocycles. The Morgan fingerprint density at radius 2 is 1.36 bits per heavy atom. The van der Waals surface area contributed by atoms with Gasteiger partial charge in [0.15, 0.2) is 0 Å². The first-order valence-electron chi connectivity index (χ1n) is 3.71. The Labute approximate surface area is 64.9 Å². The zero-order chi connectivity index (χ0) is 8.43. The molecule has 62 valence electrons. The van der Waals surface area contributed by atoms with Crippen molar-refractivity contribution >= 4 is 11.8 Å². The first kappa shape index (κ1) is 8.04. The van der Waals surface area contributed by atoms with E-state index in [0.29, 0.717) is 12.8 Å². The molecule has 0 aromatic carbocycles. The Balaban J connectivity index is 2.65. The number of carbonyl (C=O) groups is 2. The van der Waals surface area contributed by atoms with Crippen LogP contribution in [0.25, 0.3) is 0 Å². The SMILES string of the molecule is NC(=O)[C@H]1CCC[C@@H]1C(N)=O. The monoisotopic (exact) mass is 156 g/mol. The second-order valence-electron chi connectivity index (χ2n) is 2.95. The second kappa shape index (κ2) is 2.90. The van der Waals surface area contributed by atoms with Crippen LogP contribution in [0.2, 0.25) is 0 Å². The van der Waals surface area contributed by atoms with Crippen LogP contribution in [0.3, 0.4) is 0 Å². The highest BCUT2D eigenvalue weighted by Crippen LogP contribution is 2.30. The van der Waals surface area contributed by atoms with Crippen molar-refractivity contribution in [1.29, 1.82) is 0 Å². The van der Waals surface area contributed by atoms with E-state index in [-0.39, 0.29) is 11.8 Å². The van der Waals surface area contributed by atoms with Crippen LogP contribution < -0.4 is 11.5 Å². The maximum absolute atomic E-state index is 10.7. The molecule has 0 unspecified atom stereocenters. The van der Waals surface area contributed by atoms with Crippen LogP contribution in [0, 0.1) is 11.8 Å². The number of rotatable bonds is 2. The Hall–Kier alpha value is -1.06. The van der Waals surface area contributed by atoms with Gasteiger partial charge in [0.2, 0.25) is 11.8 Å². The van der Waals surface area contributed by atoms with Crippen molar-refractivity contribution in [2.75, 3.05) is 0 Å². The van der Waals surface area contributed by atoms with Crippen molar-refractivity contribution in [2.24, 2.45) is 23.3 Å². The molecule has 0 aromatic heterocycles. The summed E-state index contributed by atoms with van der Waals surface area (Å²) >= 11 is 0. The smallest absolute Gasteiger partial charge is 0.221 e. The summed E-state index contributed by atoms with van der Waals surface area (Å²) in [6.45, 7) is 0. The number of hydrogen-bond acceptors (Lipinski definition) is 2. The Bertz CT molecular complexity index is 171. The quantitative estimate of drug-likeness (QED) is 0.557. The first-order valence-corrected chi connectivity index (χ1v) is 3.71. The largest absolute Gasteiger partial charge is 0.369 e. The minimum atomic E-state index is -0.397. The molecule has 0 radical (unpaired) electrons. The van der Waals surface area contributed by atoms with E-state index < -0.39 is 11.8 Å². The van der Waals surface area contributed by atoms with Crippen molar-refractivity contribution in [3.63, 3.8) is 0 Å². The molecule has 1 aliphatic carbocycles. The zero-order valence-electron chi connectivity index (χ0n) is 6.25. The van der Waals surface area contributed by atoms with Gasteiger partial charge in [-0.2, -0.15) is 0 Å². The Kier molecular flexibility index (Phi) is 2.12. The number of amides is 2. The summed E-state index contributed by atoms with van der Waals surface area (Å²) in [5.41, 5.74) is 10.2. The molecule has 2 amide bonds. The van der Waals surface area contributed by atoms with Gasteiger partial charge in [-0.3, -0.25) is 9.59 Å². The molecule has 1 rings (SSSR count). The van der Waals surface area contributed by atoms with E-state index >= 15 is 0 Å². The number of primary amides is 2.